The summed E-state index contributed by atoms with van der Waals surface area (Å²) in [7, 11) is 0. The third-order valence-electron chi connectivity index (χ3n) is 1.29. The molecule has 0 aromatic rings. The highest BCUT2D eigenvalue weighted by molar-refractivity contribution is 5.72. The molecule has 0 amide bonds. The van der Waals surface area contributed by atoms with Crippen molar-refractivity contribution in [3.05, 3.63) is 23.8 Å². The van der Waals surface area contributed by atoms with E-state index >= 15 is 0 Å². The third-order valence-corrected chi connectivity index (χ3v) is 1.29. The highest BCUT2D eigenvalue weighted by Gasteiger charge is 1.85. The zero-order valence-corrected chi connectivity index (χ0v) is 7.50. The first-order valence-corrected chi connectivity index (χ1v) is 3.95. The molecular weight excluding hydrogens is 136 g/mol. The lowest BCUT2D eigenvalue weighted by molar-refractivity contribution is -0.104. The van der Waals surface area contributed by atoms with Crippen LogP contribution in [0.25, 0.3) is 0 Å². The van der Waals surface area contributed by atoms with Crippen LogP contribution in [0.15, 0.2) is 23.8 Å². The average molecular weight is 152 g/mol. The Morgan fingerprint density at radius 2 is 2.09 bits per heavy atom. The summed E-state index contributed by atoms with van der Waals surface area (Å²) >= 11 is 0. The molecule has 0 aliphatic rings. The van der Waals surface area contributed by atoms with Gasteiger partial charge in [0.25, 0.3) is 0 Å². The fourth-order valence-corrected chi connectivity index (χ4v) is 0.610. The molecule has 0 N–H and O–H groups in total. The summed E-state index contributed by atoms with van der Waals surface area (Å²) in [5, 5.41) is 0. The van der Waals surface area contributed by atoms with Gasteiger partial charge in [-0.3, -0.25) is 4.79 Å². The predicted octanol–water partition coefficient (Wildman–Crippen LogP) is 2.73. The molecule has 0 atom stereocenters. The largest absolute Gasteiger partial charge is 0.298 e. The van der Waals surface area contributed by atoms with E-state index in [0.29, 0.717) is 5.92 Å². The molecule has 0 fully saturated rings. The minimum atomic E-state index is 0.691. The maximum atomic E-state index is 10.1. The van der Waals surface area contributed by atoms with Crippen molar-refractivity contribution in [3.63, 3.8) is 0 Å². The second-order valence-corrected chi connectivity index (χ2v) is 3.09. The quantitative estimate of drug-likeness (QED) is 0.344. The van der Waals surface area contributed by atoms with Crippen LogP contribution in [0.2, 0.25) is 0 Å². The molecule has 0 bridgehead atoms. The van der Waals surface area contributed by atoms with Gasteiger partial charge in [-0.1, -0.05) is 32.1 Å². The van der Waals surface area contributed by atoms with Crippen LogP contribution in [-0.2, 0) is 4.79 Å². The summed E-state index contributed by atoms with van der Waals surface area (Å²) in [5.41, 5.74) is 0.769. The van der Waals surface area contributed by atoms with Crippen LogP contribution >= 0.6 is 0 Å². The van der Waals surface area contributed by atoms with E-state index in [1.54, 1.807) is 6.92 Å². The van der Waals surface area contributed by atoms with Gasteiger partial charge in [0.2, 0.25) is 0 Å². The molecule has 0 spiro atoms. The van der Waals surface area contributed by atoms with Crippen molar-refractivity contribution in [2.45, 2.75) is 27.2 Å². The summed E-state index contributed by atoms with van der Waals surface area (Å²) in [6.45, 7) is 6.13. The molecule has 0 saturated carbocycles. The van der Waals surface area contributed by atoms with Crippen molar-refractivity contribution in [1.29, 1.82) is 0 Å². The van der Waals surface area contributed by atoms with Crippen LogP contribution in [-0.4, -0.2) is 6.29 Å². The molecule has 0 aromatic heterocycles. The number of carbonyl (C=O) groups excluding carboxylic acids is 1. The van der Waals surface area contributed by atoms with Gasteiger partial charge < -0.3 is 0 Å². The molecular formula is C10H16O. The molecule has 0 heterocycles. The Bertz CT molecular complexity index is 164. The van der Waals surface area contributed by atoms with E-state index in [2.05, 4.69) is 19.9 Å². The molecule has 0 aliphatic carbocycles. The SMILES string of the molecule is C/C(C=O)=C\C=C/CC(C)C. The van der Waals surface area contributed by atoms with Crippen LogP contribution in [0.4, 0.5) is 0 Å². The lowest BCUT2D eigenvalue weighted by Gasteiger charge is -1.94. The fourth-order valence-electron chi connectivity index (χ4n) is 0.610. The second-order valence-electron chi connectivity index (χ2n) is 3.09. The second kappa shape index (κ2) is 5.90. The molecule has 0 radical (unpaired) electrons. The van der Waals surface area contributed by atoms with E-state index in [1.807, 2.05) is 12.2 Å². The van der Waals surface area contributed by atoms with Gasteiger partial charge in [0.05, 0.1) is 0 Å². The number of allylic oxidation sites excluding steroid dienone is 4. The summed E-state index contributed by atoms with van der Waals surface area (Å²) in [6.07, 6.45) is 7.78. The van der Waals surface area contributed by atoms with E-state index in [4.69, 9.17) is 0 Å². The zero-order chi connectivity index (χ0) is 8.69. The maximum absolute atomic E-state index is 10.1. The van der Waals surface area contributed by atoms with Gasteiger partial charge >= 0.3 is 0 Å². The first-order chi connectivity index (χ1) is 5.16. The normalized spacial score (nSPS) is 12.9. The molecule has 0 rings (SSSR count). The first kappa shape index (κ1) is 10.2. The summed E-state index contributed by atoms with van der Waals surface area (Å²) < 4.78 is 0. The molecule has 0 unspecified atom stereocenters. The minimum Gasteiger partial charge on any atom is -0.298 e. The van der Waals surface area contributed by atoms with Gasteiger partial charge in [0, 0.05) is 0 Å². The molecule has 11 heavy (non-hydrogen) atoms. The monoisotopic (exact) mass is 152 g/mol. The highest BCUT2D eigenvalue weighted by Crippen LogP contribution is 2.00. The number of hydrogen-bond acceptors (Lipinski definition) is 1. The van der Waals surface area contributed by atoms with Gasteiger partial charge in [-0.05, 0) is 24.8 Å². The Labute approximate surface area is 68.8 Å². The molecule has 62 valence electrons. The molecule has 1 heteroatoms. The van der Waals surface area contributed by atoms with E-state index in [9.17, 15) is 4.79 Å². The Balaban J connectivity index is 3.67. The Kier molecular flexibility index (Phi) is 5.44. The zero-order valence-electron chi connectivity index (χ0n) is 7.50. The number of hydrogen-bond donors (Lipinski definition) is 0. The Morgan fingerprint density at radius 1 is 1.45 bits per heavy atom. The summed E-state index contributed by atoms with van der Waals surface area (Å²) in [4.78, 5) is 10.1. The topological polar surface area (TPSA) is 17.1 Å². The first-order valence-electron chi connectivity index (χ1n) is 3.95. The highest BCUT2D eigenvalue weighted by atomic mass is 16.1. The van der Waals surface area contributed by atoms with Crippen LogP contribution in [0.1, 0.15) is 27.2 Å². The minimum absolute atomic E-state index is 0.691. The van der Waals surface area contributed by atoms with Gasteiger partial charge in [0.15, 0.2) is 0 Å². The lowest BCUT2D eigenvalue weighted by Crippen LogP contribution is -1.80. The van der Waals surface area contributed by atoms with Gasteiger partial charge in [0.1, 0.15) is 6.29 Å². The summed E-state index contributed by atoms with van der Waals surface area (Å²) in [6, 6.07) is 0. The number of carbonyl (C=O) groups is 1. The van der Waals surface area contributed by atoms with Crippen LogP contribution in [0.3, 0.4) is 0 Å². The smallest absolute Gasteiger partial charge is 0.145 e. The number of rotatable bonds is 4. The summed E-state index contributed by atoms with van der Waals surface area (Å²) in [5.74, 6) is 0.691. The fraction of sp³-hybridized carbons (Fsp3) is 0.500. The Morgan fingerprint density at radius 3 is 2.55 bits per heavy atom. The van der Waals surface area contributed by atoms with Crippen molar-refractivity contribution < 1.29 is 4.79 Å². The van der Waals surface area contributed by atoms with Crippen LogP contribution < -0.4 is 0 Å². The van der Waals surface area contributed by atoms with Gasteiger partial charge in [-0.15, -0.1) is 0 Å². The number of aldehydes is 1. The molecule has 1 nitrogen and oxygen atoms in total. The average Bonchev–Trinajstić information content (AvgIpc) is 1.97. The van der Waals surface area contributed by atoms with Crippen molar-refractivity contribution in [2.75, 3.05) is 0 Å². The van der Waals surface area contributed by atoms with Gasteiger partial charge in [-0.25, -0.2) is 0 Å². The van der Waals surface area contributed by atoms with Crippen LogP contribution in [0, 0.1) is 5.92 Å². The molecule has 0 aliphatic heterocycles. The van der Waals surface area contributed by atoms with E-state index < -0.39 is 0 Å². The van der Waals surface area contributed by atoms with E-state index in [-0.39, 0.29) is 0 Å². The van der Waals surface area contributed by atoms with Crippen molar-refractivity contribution in [1.82, 2.24) is 0 Å². The van der Waals surface area contributed by atoms with Crippen LogP contribution in [0.5, 0.6) is 0 Å². The molecule has 0 saturated heterocycles. The van der Waals surface area contributed by atoms with Crippen molar-refractivity contribution in [3.8, 4) is 0 Å². The predicted molar refractivity (Wildman–Crippen MR) is 48.4 cm³/mol. The van der Waals surface area contributed by atoms with E-state index in [0.717, 1.165) is 18.3 Å². The standard InChI is InChI=1S/C10H16O/c1-9(2)6-4-5-7-10(3)8-11/h4-5,7-9H,6H2,1-3H3/b5-4-,10-7+. The third kappa shape index (κ3) is 7.04. The Hall–Kier alpha value is -0.850. The van der Waals surface area contributed by atoms with E-state index in [1.165, 1.54) is 0 Å². The molecule has 0 aromatic carbocycles. The van der Waals surface area contributed by atoms with Crippen molar-refractivity contribution in [2.24, 2.45) is 5.92 Å². The van der Waals surface area contributed by atoms with Crippen molar-refractivity contribution >= 4 is 6.29 Å². The lowest BCUT2D eigenvalue weighted by atomic mass is 10.1. The van der Waals surface area contributed by atoms with Gasteiger partial charge in [-0.2, -0.15) is 0 Å². The maximum Gasteiger partial charge on any atom is 0.145 e.